The van der Waals surface area contributed by atoms with Crippen LogP contribution in [-0.4, -0.2) is 66.0 Å². The van der Waals surface area contributed by atoms with E-state index < -0.39 is 21.4 Å². The lowest BCUT2D eigenvalue weighted by Gasteiger charge is -2.35. The van der Waals surface area contributed by atoms with Crippen molar-refractivity contribution in [1.82, 2.24) is 24.9 Å². The average Bonchev–Trinajstić information content (AvgIpc) is 3.60. The summed E-state index contributed by atoms with van der Waals surface area (Å²) in [6.45, 7) is 3.97. The summed E-state index contributed by atoms with van der Waals surface area (Å²) in [6.07, 6.45) is 12.8. The van der Waals surface area contributed by atoms with E-state index in [0.717, 1.165) is 44.2 Å². The number of pyridine rings is 1. The maximum absolute atomic E-state index is 14.9. The number of piperazine rings is 1. The Hall–Kier alpha value is -3.72. The van der Waals surface area contributed by atoms with Crippen molar-refractivity contribution in [2.45, 2.75) is 10.6 Å². The van der Waals surface area contributed by atoms with E-state index in [1.54, 1.807) is 12.4 Å². The normalized spacial score (nSPS) is 14.6. The third kappa shape index (κ3) is 5.22. The summed E-state index contributed by atoms with van der Waals surface area (Å²) in [5.41, 5.74) is 2.23. The molecule has 12 heteroatoms. The van der Waals surface area contributed by atoms with E-state index >= 15 is 0 Å². The van der Waals surface area contributed by atoms with E-state index in [-0.39, 0.29) is 21.2 Å². The number of benzene rings is 1. The molecule has 0 N–H and O–H groups in total. The highest BCUT2D eigenvalue weighted by Gasteiger charge is 2.23. The van der Waals surface area contributed by atoms with Gasteiger partial charge in [0.2, 0.25) is 0 Å². The smallest absolute Gasteiger partial charge is 0.185 e. The molecule has 1 aliphatic heterocycles. The van der Waals surface area contributed by atoms with Gasteiger partial charge >= 0.3 is 0 Å². The number of anilines is 1. The van der Waals surface area contributed by atoms with Crippen LogP contribution in [0.2, 0.25) is 5.02 Å². The Bertz CT molecular complexity index is 1560. The number of rotatable bonds is 7. The number of terminal acetylenes is 1. The van der Waals surface area contributed by atoms with Crippen LogP contribution in [0.15, 0.2) is 64.7 Å². The second-order valence-corrected chi connectivity index (χ2v) is 10.9. The lowest BCUT2D eigenvalue weighted by atomic mass is 10.2. The third-order valence-corrected chi connectivity index (χ3v) is 8.20. The van der Waals surface area contributed by atoms with Crippen molar-refractivity contribution in [1.29, 1.82) is 0 Å². The van der Waals surface area contributed by atoms with E-state index in [0.29, 0.717) is 17.8 Å². The van der Waals surface area contributed by atoms with E-state index in [9.17, 15) is 12.8 Å². The van der Waals surface area contributed by atoms with Crippen molar-refractivity contribution < 1.29 is 17.2 Å². The van der Waals surface area contributed by atoms with Crippen molar-refractivity contribution >= 4 is 27.1 Å². The van der Waals surface area contributed by atoms with Crippen LogP contribution in [0.3, 0.4) is 0 Å². The van der Waals surface area contributed by atoms with Crippen LogP contribution in [0.25, 0.3) is 16.9 Å². The topological polar surface area (TPSA) is 97.4 Å². The van der Waals surface area contributed by atoms with Gasteiger partial charge in [-0.2, -0.15) is 0 Å². The molecule has 0 saturated carbocycles. The second kappa shape index (κ2) is 10.3. The largest absolute Gasteiger partial charge is 0.471 e. The highest BCUT2D eigenvalue weighted by molar-refractivity contribution is 7.90. The molecule has 4 aromatic rings. The van der Waals surface area contributed by atoms with Crippen LogP contribution in [0, 0.1) is 18.2 Å². The lowest BCUT2D eigenvalue weighted by molar-refractivity contribution is 0.288. The van der Waals surface area contributed by atoms with Gasteiger partial charge in [0.15, 0.2) is 9.84 Å². The highest BCUT2D eigenvalue weighted by atomic mass is 35.5. The van der Waals surface area contributed by atoms with Crippen LogP contribution in [-0.2, 0) is 15.6 Å². The fraction of sp³-hybridized carbons (Fsp3) is 0.240. The first-order chi connectivity index (χ1) is 17.9. The minimum absolute atomic E-state index is 0.0160. The number of sulfone groups is 1. The van der Waals surface area contributed by atoms with Crippen LogP contribution in [0.1, 0.15) is 5.56 Å². The van der Waals surface area contributed by atoms with Gasteiger partial charge in [-0.3, -0.25) is 9.88 Å². The number of furan rings is 1. The maximum atomic E-state index is 14.9. The average molecular weight is 541 g/mol. The Kier molecular flexibility index (Phi) is 6.97. The molecule has 0 bridgehead atoms. The quantitative estimate of drug-likeness (QED) is 0.329. The molecule has 1 aliphatic rings. The van der Waals surface area contributed by atoms with Crippen LogP contribution in [0.4, 0.5) is 10.1 Å². The molecular weight excluding hydrogens is 519 g/mol. The van der Waals surface area contributed by atoms with Gasteiger partial charge in [-0.05, 0) is 23.8 Å². The zero-order valence-corrected chi connectivity index (χ0v) is 21.2. The maximum Gasteiger partial charge on any atom is 0.185 e. The fourth-order valence-corrected chi connectivity index (χ4v) is 5.83. The van der Waals surface area contributed by atoms with Gasteiger partial charge in [0, 0.05) is 37.9 Å². The summed E-state index contributed by atoms with van der Waals surface area (Å²) in [5.74, 6) is 1.58. The lowest BCUT2D eigenvalue weighted by Crippen LogP contribution is -2.46. The van der Waals surface area contributed by atoms with Crippen molar-refractivity contribution in [2.24, 2.45) is 0 Å². The molecule has 0 spiro atoms. The Morgan fingerprint density at radius 2 is 1.97 bits per heavy atom. The number of hydrogen-bond donors (Lipinski definition) is 0. The summed E-state index contributed by atoms with van der Waals surface area (Å²) >= 11 is 6.48. The Balaban J connectivity index is 1.40. The first kappa shape index (κ1) is 25.0. The summed E-state index contributed by atoms with van der Waals surface area (Å²) < 4.78 is 46.3. The minimum atomic E-state index is -3.74. The number of nitrogens with zero attached hydrogens (tertiary/aromatic N) is 6. The van der Waals surface area contributed by atoms with Crippen molar-refractivity contribution in [2.75, 3.05) is 37.6 Å². The molecule has 37 heavy (non-hydrogen) atoms. The predicted octanol–water partition coefficient (Wildman–Crippen LogP) is 3.44. The Morgan fingerprint density at radius 1 is 1.16 bits per heavy atom. The van der Waals surface area contributed by atoms with Crippen LogP contribution in [0.5, 0.6) is 0 Å². The van der Waals surface area contributed by atoms with Crippen molar-refractivity contribution in [3.05, 3.63) is 71.8 Å². The molecule has 1 aromatic carbocycles. The molecule has 0 unspecified atom stereocenters. The molecule has 9 nitrogen and oxygen atoms in total. The molecule has 190 valence electrons. The first-order valence-corrected chi connectivity index (χ1v) is 13.4. The predicted molar refractivity (Wildman–Crippen MR) is 137 cm³/mol. The van der Waals surface area contributed by atoms with Gasteiger partial charge in [-0.1, -0.05) is 28.8 Å². The second-order valence-electron chi connectivity index (χ2n) is 8.53. The van der Waals surface area contributed by atoms with Crippen molar-refractivity contribution in [3.8, 4) is 29.3 Å². The molecule has 4 heterocycles. The fourth-order valence-electron chi connectivity index (χ4n) is 4.16. The van der Waals surface area contributed by atoms with Crippen molar-refractivity contribution in [3.63, 3.8) is 0 Å². The highest BCUT2D eigenvalue weighted by Crippen LogP contribution is 2.31. The van der Waals surface area contributed by atoms with E-state index in [1.165, 1.54) is 29.3 Å². The van der Waals surface area contributed by atoms with Gasteiger partial charge in [0.25, 0.3) is 0 Å². The number of halogens is 2. The molecule has 0 aliphatic carbocycles. The standard InChI is InChI=1S/C25H22ClFN6O3S/c1-2-6-31-7-9-32(10-8-31)20-12-19(13-28-14-20)23-15-33(30-29-23)25-22(27)4-3-18(24(25)26)17-37(34,35)21-5-11-36-16-21/h1,3-5,11-16H,6-10,17H2. The monoisotopic (exact) mass is 540 g/mol. The first-order valence-electron chi connectivity index (χ1n) is 11.4. The Morgan fingerprint density at radius 3 is 2.70 bits per heavy atom. The number of hydrogen-bond acceptors (Lipinski definition) is 8. The van der Waals surface area contributed by atoms with E-state index in [4.69, 9.17) is 22.4 Å². The van der Waals surface area contributed by atoms with E-state index in [2.05, 4.69) is 31.0 Å². The summed E-state index contributed by atoms with van der Waals surface area (Å²) in [5, 5.41) is 8.17. The van der Waals surface area contributed by atoms with Gasteiger partial charge in [-0.15, -0.1) is 11.5 Å². The molecule has 5 rings (SSSR count). The van der Waals surface area contributed by atoms with Gasteiger partial charge in [0.1, 0.15) is 28.4 Å². The molecule has 0 amide bonds. The molecule has 1 fully saturated rings. The summed E-state index contributed by atoms with van der Waals surface area (Å²) in [6, 6.07) is 5.79. The Labute approximate surface area is 218 Å². The third-order valence-electron chi connectivity index (χ3n) is 6.14. The number of aromatic nitrogens is 4. The molecule has 0 atom stereocenters. The molecule has 0 radical (unpaired) electrons. The van der Waals surface area contributed by atoms with Gasteiger partial charge in [-0.25, -0.2) is 17.5 Å². The zero-order chi connectivity index (χ0) is 26.0. The van der Waals surface area contributed by atoms with Gasteiger partial charge in [0.05, 0.1) is 41.7 Å². The molecule has 1 saturated heterocycles. The molecule has 3 aromatic heterocycles. The SMILES string of the molecule is C#CCN1CCN(c2cncc(-c3cn(-c4c(F)ccc(CS(=O)(=O)c5ccoc5)c4Cl)nn3)c2)CC1. The van der Waals surface area contributed by atoms with Crippen LogP contribution < -0.4 is 4.90 Å². The zero-order valence-electron chi connectivity index (χ0n) is 19.6. The summed E-state index contributed by atoms with van der Waals surface area (Å²) in [4.78, 5) is 8.80. The van der Waals surface area contributed by atoms with Gasteiger partial charge < -0.3 is 9.32 Å². The van der Waals surface area contributed by atoms with E-state index in [1.807, 2.05) is 6.07 Å². The summed E-state index contributed by atoms with van der Waals surface area (Å²) in [7, 11) is -3.74. The minimum Gasteiger partial charge on any atom is -0.471 e. The molecular formula is C25H22ClFN6O3S. The van der Waals surface area contributed by atoms with Crippen LogP contribution >= 0.6 is 11.6 Å².